The number of carbonyl (C=O) groups is 1. The van der Waals surface area contributed by atoms with E-state index in [0.717, 1.165) is 18.4 Å². The summed E-state index contributed by atoms with van der Waals surface area (Å²) in [6.07, 6.45) is 1.20. The molecule has 0 aliphatic heterocycles. The van der Waals surface area contributed by atoms with Crippen LogP contribution in [0, 0.1) is 0 Å². The molecular formula is C12H20N2O2S. The molecule has 0 aliphatic rings. The first-order valence-corrected chi connectivity index (χ1v) is 6.86. The third-order valence-electron chi connectivity index (χ3n) is 2.70. The molecule has 2 amide bonds. The fourth-order valence-corrected chi connectivity index (χ4v) is 2.21. The van der Waals surface area contributed by atoms with Gasteiger partial charge in [0.2, 0.25) is 0 Å². The van der Waals surface area contributed by atoms with Gasteiger partial charge in [0.15, 0.2) is 0 Å². The second-order valence-electron chi connectivity index (χ2n) is 3.94. The van der Waals surface area contributed by atoms with Crippen LogP contribution < -0.4 is 10.6 Å². The van der Waals surface area contributed by atoms with E-state index in [4.69, 9.17) is 0 Å². The summed E-state index contributed by atoms with van der Waals surface area (Å²) in [5, 5.41) is 19.1. The fourth-order valence-electron chi connectivity index (χ4n) is 1.50. The van der Waals surface area contributed by atoms with Gasteiger partial charge in [0.25, 0.3) is 0 Å². The first-order valence-electron chi connectivity index (χ1n) is 5.91. The van der Waals surface area contributed by atoms with E-state index in [0.29, 0.717) is 0 Å². The molecule has 1 aromatic rings. The molecule has 0 fully saturated rings. The van der Waals surface area contributed by atoms with Crippen LogP contribution in [0.3, 0.4) is 0 Å². The molecule has 0 radical (unpaired) electrons. The molecule has 96 valence electrons. The van der Waals surface area contributed by atoms with Crippen molar-refractivity contribution in [3.05, 3.63) is 22.4 Å². The first-order chi connectivity index (χ1) is 8.17. The van der Waals surface area contributed by atoms with Gasteiger partial charge in [-0.15, -0.1) is 0 Å². The molecule has 1 rings (SSSR count). The summed E-state index contributed by atoms with van der Waals surface area (Å²) in [6, 6.07) is 1.84. The lowest BCUT2D eigenvalue weighted by Gasteiger charge is -2.16. The Kier molecular flexibility index (Phi) is 6.00. The van der Waals surface area contributed by atoms with Gasteiger partial charge >= 0.3 is 6.03 Å². The largest absolute Gasteiger partial charge is 0.387 e. The molecule has 17 heavy (non-hydrogen) atoms. The highest BCUT2D eigenvalue weighted by atomic mass is 32.1. The molecule has 3 N–H and O–H groups in total. The number of rotatable bonds is 6. The second-order valence-corrected chi connectivity index (χ2v) is 4.72. The van der Waals surface area contributed by atoms with E-state index >= 15 is 0 Å². The predicted molar refractivity (Wildman–Crippen MR) is 70.2 cm³/mol. The minimum atomic E-state index is -0.631. The molecule has 1 aromatic heterocycles. The highest BCUT2D eigenvalue weighted by Gasteiger charge is 2.11. The van der Waals surface area contributed by atoms with Crippen LogP contribution in [0.1, 0.15) is 38.4 Å². The van der Waals surface area contributed by atoms with E-state index in [1.807, 2.05) is 30.7 Å². The minimum Gasteiger partial charge on any atom is -0.387 e. The van der Waals surface area contributed by atoms with Crippen molar-refractivity contribution in [3.63, 3.8) is 0 Å². The highest BCUT2D eigenvalue weighted by Crippen LogP contribution is 2.14. The van der Waals surface area contributed by atoms with Crippen molar-refractivity contribution >= 4 is 17.4 Å². The molecule has 1 atom stereocenters. The van der Waals surface area contributed by atoms with Crippen LogP contribution in [-0.4, -0.2) is 23.7 Å². The average Bonchev–Trinajstić information content (AvgIpc) is 2.86. The maximum atomic E-state index is 11.5. The number of aliphatic hydroxyl groups excluding tert-OH is 1. The van der Waals surface area contributed by atoms with Crippen LogP contribution >= 0.6 is 11.3 Å². The van der Waals surface area contributed by atoms with Gasteiger partial charge in [-0.05, 0) is 35.2 Å². The van der Waals surface area contributed by atoms with Crippen molar-refractivity contribution in [3.8, 4) is 0 Å². The fraction of sp³-hybridized carbons (Fsp3) is 0.583. The van der Waals surface area contributed by atoms with E-state index in [1.54, 1.807) is 0 Å². The molecule has 1 heterocycles. The molecule has 5 heteroatoms. The maximum absolute atomic E-state index is 11.5. The predicted octanol–water partition coefficient (Wildman–Crippen LogP) is 2.27. The Morgan fingerprint density at radius 3 is 2.71 bits per heavy atom. The summed E-state index contributed by atoms with van der Waals surface area (Å²) in [7, 11) is 0. The van der Waals surface area contributed by atoms with Crippen LogP contribution in [0.4, 0.5) is 4.79 Å². The third kappa shape index (κ3) is 4.75. The molecule has 0 bridgehead atoms. The quantitative estimate of drug-likeness (QED) is 0.731. The van der Waals surface area contributed by atoms with Crippen LogP contribution in [0.25, 0.3) is 0 Å². The van der Waals surface area contributed by atoms with Crippen molar-refractivity contribution in [1.29, 1.82) is 0 Å². The molecule has 0 spiro atoms. The third-order valence-corrected chi connectivity index (χ3v) is 3.41. The smallest absolute Gasteiger partial charge is 0.315 e. The van der Waals surface area contributed by atoms with E-state index in [1.165, 1.54) is 11.3 Å². The van der Waals surface area contributed by atoms with Crippen molar-refractivity contribution in [2.45, 2.75) is 38.8 Å². The van der Waals surface area contributed by atoms with Crippen LogP contribution in [0.15, 0.2) is 16.8 Å². The van der Waals surface area contributed by atoms with Crippen LogP contribution in [-0.2, 0) is 0 Å². The SMILES string of the molecule is CCC(CC)NC(=O)NCC(O)c1ccsc1. The Labute approximate surface area is 106 Å². The number of aliphatic hydroxyl groups is 1. The van der Waals surface area contributed by atoms with Gasteiger partial charge in [0.05, 0.1) is 6.10 Å². The van der Waals surface area contributed by atoms with E-state index in [-0.39, 0.29) is 18.6 Å². The van der Waals surface area contributed by atoms with Crippen molar-refractivity contribution < 1.29 is 9.90 Å². The van der Waals surface area contributed by atoms with Gasteiger partial charge in [-0.2, -0.15) is 11.3 Å². The van der Waals surface area contributed by atoms with E-state index < -0.39 is 6.10 Å². The van der Waals surface area contributed by atoms with Crippen molar-refractivity contribution in [2.75, 3.05) is 6.54 Å². The van der Waals surface area contributed by atoms with E-state index in [9.17, 15) is 9.90 Å². The molecule has 4 nitrogen and oxygen atoms in total. The Morgan fingerprint density at radius 1 is 1.47 bits per heavy atom. The van der Waals surface area contributed by atoms with E-state index in [2.05, 4.69) is 10.6 Å². The Balaban J connectivity index is 2.28. The zero-order valence-electron chi connectivity index (χ0n) is 10.3. The molecular weight excluding hydrogens is 236 g/mol. The van der Waals surface area contributed by atoms with Gasteiger partial charge in [-0.3, -0.25) is 0 Å². The molecule has 0 saturated heterocycles. The topological polar surface area (TPSA) is 61.4 Å². The number of amides is 2. The Hall–Kier alpha value is -1.07. The monoisotopic (exact) mass is 256 g/mol. The van der Waals surface area contributed by atoms with Gasteiger partial charge in [-0.25, -0.2) is 4.79 Å². The number of thiophene rings is 1. The number of urea groups is 1. The summed E-state index contributed by atoms with van der Waals surface area (Å²) < 4.78 is 0. The lowest BCUT2D eigenvalue weighted by atomic mass is 10.2. The van der Waals surface area contributed by atoms with Gasteiger partial charge in [0, 0.05) is 12.6 Å². The van der Waals surface area contributed by atoms with Crippen LogP contribution in [0.5, 0.6) is 0 Å². The summed E-state index contributed by atoms with van der Waals surface area (Å²) in [6.45, 7) is 4.31. The summed E-state index contributed by atoms with van der Waals surface area (Å²) in [5.74, 6) is 0. The zero-order chi connectivity index (χ0) is 12.7. The second kappa shape index (κ2) is 7.29. The summed E-state index contributed by atoms with van der Waals surface area (Å²) in [5.41, 5.74) is 0.845. The maximum Gasteiger partial charge on any atom is 0.315 e. The lowest BCUT2D eigenvalue weighted by molar-refractivity contribution is 0.173. The number of hydrogen-bond acceptors (Lipinski definition) is 3. The highest BCUT2D eigenvalue weighted by molar-refractivity contribution is 7.07. The Morgan fingerprint density at radius 2 is 2.18 bits per heavy atom. The standard InChI is InChI=1S/C12H20N2O2S/c1-3-10(4-2)14-12(16)13-7-11(15)9-5-6-17-8-9/h5-6,8,10-11,15H,3-4,7H2,1-2H3,(H2,13,14,16). The zero-order valence-corrected chi connectivity index (χ0v) is 11.1. The number of hydrogen-bond donors (Lipinski definition) is 3. The minimum absolute atomic E-state index is 0.202. The number of carbonyl (C=O) groups excluding carboxylic acids is 1. The van der Waals surface area contributed by atoms with Gasteiger partial charge in [0.1, 0.15) is 0 Å². The lowest BCUT2D eigenvalue weighted by Crippen LogP contribution is -2.42. The average molecular weight is 256 g/mol. The van der Waals surface area contributed by atoms with Crippen LogP contribution in [0.2, 0.25) is 0 Å². The number of nitrogens with one attached hydrogen (secondary N) is 2. The first kappa shape index (κ1) is 14.0. The molecule has 1 unspecified atom stereocenters. The summed E-state index contributed by atoms with van der Waals surface area (Å²) in [4.78, 5) is 11.5. The molecule has 0 aromatic carbocycles. The van der Waals surface area contributed by atoms with Crippen molar-refractivity contribution in [1.82, 2.24) is 10.6 Å². The summed E-state index contributed by atoms with van der Waals surface area (Å²) >= 11 is 1.53. The Bertz CT molecular complexity index is 323. The molecule has 0 aliphatic carbocycles. The normalized spacial score (nSPS) is 12.5. The van der Waals surface area contributed by atoms with Gasteiger partial charge in [-0.1, -0.05) is 13.8 Å². The van der Waals surface area contributed by atoms with Crippen molar-refractivity contribution in [2.24, 2.45) is 0 Å². The molecule has 0 saturated carbocycles. The van der Waals surface area contributed by atoms with Gasteiger partial charge < -0.3 is 15.7 Å².